The molecule has 1 atom stereocenters. The highest BCUT2D eigenvalue weighted by Gasteiger charge is 1.94. The summed E-state index contributed by atoms with van der Waals surface area (Å²) in [4.78, 5) is 0. The Labute approximate surface area is 108 Å². The van der Waals surface area contributed by atoms with Gasteiger partial charge in [-0.1, -0.05) is 64.7 Å². The van der Waals surface area contributed by atoms with Crippen LogP contribution in [0.3, 0.4) is 0 Å². The van der Waals surface area contributed by atoms with Crippen LogP contribution in [0.5, 0.6) is 0 Å². The van der Waals surface area contributed by atoms with Gasteiger partial charge in [0.2, 0.25) is 0 Å². The highest BCUT2D eigenvalue weighted by molar-refractivity contribution is 7.80. The molecule has 0 rings (SSSR count). The van der Waals surface area contributed by atoms with Crippen molar-refractivity contribution in [1.82, 2.24) is 0 Å². The van der Waals surface area contributed by atoms with Gasteiger partial charge in [-0.2, -0.15) is 0 Å². The first kappa shape index (κ1) is 16.3. The van der Waals surface area contributed by atoms with E-state index in [1.165, 1.54) is 64.2 Å². The molecular formula is C14H30OS. The summed E-state index contributed by atoms with van der Waals surface area (Å²) in [6.45, 7) is 5.12. The second-order valence-corrected chi connectivity index (χ2v) is 5.38. The summed E-state index contributed by atoms with van der Waals surface area (Å²) >= 11 is 4.17. The van der Waals surface area contributed by atoms with Crippen LogP contribution in [0.15, 0.2) is 0 Å². The first-order chi connectivity index (χ1) is 7.77. The van der Waals surface area contributed by atoms with Gasteiger partial charge < -0.3 is 4.74 Å². The smallest absolute Gasteiger partial charge is 0.0971 e. The second-order valence-electron chi connectivity index (χ2n) is 4.65. The number of rotatable bonds is 12. The Morgan fingerprint density at radius 1 is 0.812 bits per heavy atom. The van der Waals surface area contributed by atoms with Crippen molar-refractivity contribution in [1.29, 1.82) is 0 Å². The third kappa shape index (κ3) is 14.3. The van der Waals surface area contributed by atoms with Crippen molar-refractivity contribution in [2.45, 2.75) is 83.5 Å². The Kier molecular flexibility index (Phi) is 13.6. The van der Waals surface area contributed by atoms with E-state index in [1.807, 2.05) is 6.92 Å². The Morgan fingerprint density at radius 2 is 1.25 bits per heavy atom. The van der Waals surface area contributed by atoms with E-state index in [-0.39, 0.29) is 5.44 Å². The van der Waals surface area contributed by atoms with Gasteiger partial charge in [-0.25, -0.2) is 0 Å². The van der Waals surface area contributed by atoms with Crippen LogP contribution < -0.4 is 0 Å². The zero-order chi connectivity index (χ0) is 12.1. The van der Waals surface area contributed by atoms with Crippen molar-refractivity contribution in [3.8, 4) is 0 Å². The molecule has 0 bridgehead atoms. The van der Waals surface area contributed by atoms with Crippen LogP contribution in [0, 0.1) is 0 Å². The maximum Gasteiger partial charge on any atom is 0.0971 e. The lowest BCUT2D eigenvalue weighted by Crippen LogP contribution is -2.00. The van der Waals surface area contributed by atoms with Crippen LogP contribution in [-0.2, 0) is 4.74 Å². The van der Waals surface area contributed by atoms with Crippen LogP contribution in [0.2, 0.25) is 0 Å². The molecule has 0 N–H and O–H groups in total. The van der Waals surface area contributed by atoms with Crippen LogP contribution >= 0.6 is 12.6 Å². The average molecular weight is 246 g/mol. The minimum Gasteiger partial charge on any atom is -0.368 e. The quantitative estimate of drug-likeness (QED) is 0.283. The Bertz CT molecular complexity index is 126. The van der Waals surface area contributed by atoms with Crippen molar-refractivity contribution in [2.24, 2.45) is 0 Å². The van der Waals surface area contributed by atoms with Crippen molar-refractivity contribution in [3.05, 3.63) is 0 Å². The van der Waals surface area contributed by atoms with Crippen LogP contribution in [0.25, 0.3) is 0 Å². The van der Waals surface area contributed by atoms with Gasteiger partial charge in [0.15, 0.2) is 0 Å². The van der Waals surface area contributed by atoms with Crippen LogP contribution in [0.1, 0.15) is 78.1 Å². The summed E-state index contributed by atoms with van der Waals surface area (Å²) in [5, 5.41) is 0. The molecule has 0 aliphatic heterocycles. The monoisotopic (exact) mass is 246 g/mol. The van der Waals surface area contributed by atoms with E-state index in [1.54, 1.807) is 0 Å². The lowest BCUT2D eigenvalue weighted by atomic mass is 10.1. The fourth-order valence-electron chi connectivity index (χ4n) is 1.84. The Morgan fingerprint density at radius 3 is 1.69 bits per heavy atom. The molecule has 0 aromatic heterocycles. The number of unbranched alkanes of at least 4 members (excludes halogenated alkanes) is 9. The molecule has 2 heteroatoms. The summed E-state index contributed by atoms with van der Waals surface area (Å²) in [7, 11) is 0. The summed E-state index contributed by atoms with van der Waals surface area (Å²) < 4.78 is 5.38. The van der Waals surface area contributed by atoms with Gasteiger partial charge in [-0.15, -0.1) is 12.6 Å². The zero-order valence-corrected chi connectivity index (χ0v) is 12.1. The third-order valence-corrected chi connectivity index (χ3v) is 3.01. The van der Waals surface area contributed by atoms with Crippen molar-refractivity contribution >= 4 is 12.6 Å². The largest absolute Gasteiger partial charge is 0.368 e. The van der Waals surface area contributed by atoms with Crippen molar-refractivity contribution < 1.29 is 4.74 Å². The number of hydrogen-bond acceptors (Lipinski definition) is 2. The molecule has 0 aliphatic rings. The van der Waals surface area contributed by atoms with E-state index >= 15 is 0 Å². The van der Waals surface area contributed by atoms with Crippen molar-refractivity contribution in [2.75, 3.05) is 6.61 Å². The van der Waals surface area contributed by atoms with E-state index in [9.17, 15) is 0 Å². The zero-order valence-electron chi connectivity index (χ0n) is 11.2. The molecule has 0 spiro atoms. The van der Waals surface area contributed by atoms with E-state index < -0.39 is 0 Å². The highest BCUT2D eigenvalue weighted by atomic mass is 32.1. The van der Waals surface area contributed by atoms with E-state index in [0.717, 1.165) is 6.61 Å². The first-order valence-corrected chi connectivity index (χ1v) is 7.58. The maximum atomic E-state index is 5.38. The predicted molar refractivity (Wildman–Crippen MR) is 76.2 cm³/mol. The normalized spacial score (nSPS) is 12.9. The molecule has 1 unspecified atom stereocenters. The van der Waals surface area contributed by atoms with Crippen LogP contribution in [-0.4, -0.2) is 12.0 Å². The first-order valence-electron chi connectivity index (χ1n) is 7.07. The Hall–Kier alpha value is 0.310. The standard InChI is InChI=1S/C14H30OS/c1-3-4-5-6-7-8-9-10-11-12-13-15-14(2)16/h14,16H,3-13H2,1-2H3. The molecule has 0 saturated heterocycles. The van der Waals surface area contributed by atoms with Gasteiger partial charge in [-0.05, 0) is 13.3 Å². The van der Waals surface area contributed by atoms with E-state index in [4.69, 9.17) is 4.74 Å². The lowest BCUT2D eigenvalue weighted by Gasteiger charge is -2.06. The molecule has 0 radical (unpaired) electrons. The topological polar surface area (TPSA) is 9.23 Å². The van der Waals surface area contributed by atoms with Gasteiger partial charge in [0, 0.05) is 6.61 Å². The molecular weight excluding hydrogens is 216 g/mol. The Balaban J connectivity index is 2.88. The lowest BCUT2D eigenvalue weighted by molar-refractivity contribution is 0.121. The molecule has 0 fully saturated rings. The number of thiol groups is 1. The molecule has 0 amide bonds. The third-order valence-electron chi connectivity index (χ3n) is 2.86. The van der Waals surface area contributed by atoms with Gasteiger partial charge in [0.1, 0.15) is 0 Å². The molecule has 0 aromatic carbocycles. The minimum atomic E-state index is 0.0959. The fourth-order valence-corrected chi connectivity index (χ4v) is 1.95. The molecule has 98 valence electrons. The maximum absolute atomic E-state index is 5.38. The van der Waals surface area contributed by atoms with Gasteiger partial charge in [0.05, 0.1) is 5.44 Å². The second kappa shape index (κ2) is 13.4. The van der Waals surface area contributed by atoms with E-state index in [2.05, 4.69) is 19.6 Å². The number of ether oxygens (including phenoxy) is 1. The van der Waals surface area contributed by atoms with Crippen molar-refractivity contribution in [3.63, 3.8) is 0 Å². The van der Waals surface area contributed by atoms with Gasteiger partial charge in [-0.3, -0.25) is 0 Å². The summed E-state index contributed by atoms with van der Waals surface area (Å²) in [5.41, 5.74) is 0.0959. The fraction of sp³-hybridized carbons (Fsp3) is 1.00. The summed E-state index contributed by atoms with van der Waals surface area (Å²) in [6, 6.07) is 0. The molecule has 1 nitrogen and oxygen atoms in total. The van der Waals surface area contributed by atoms with Gasteiger partial charge >= 0.3 is 0 Å². The molecule has 0 aromatic rings. The molecule has 0 heterocycles. The SMILES string of the molecule is CCCCCCCCCCCCOC(C)S. The van der Waals surface area contributed by atoms with Crippen LogP contribution in [0.4, 0.5) is 0 Å². The number of hydrogen-bond donors (Lipinski definition) is 1. The molecule has 16 heavy (non-hydrogen) atoms. The predicted octanol–water partition coefficient (Wildman–Crippen LogP) is 5.20. The molecule has 0 aliphatic carbocycles. The average Bonchev–Trinajstić information content (AvgIpc) is 2.25. The highest BCUT2D eigenvalue weighted by Crippen LogP contribution is 2.10. The van der Waals surface area contributed by atoms with E-state index in [0.29, 0.717) is 0 Å². The molecule has 0 saturated carbocycles. The summed E-state index contributed by atoms with van der Waals surface area (Å²) in [6.07, 6.45) is 13.8. The minimum absolute atomic E-state index is 0.0959. The summed E-state index contributed by atoms with van der Waals surface area (Å²) in [5.74, 6) is 0. The van der Waals surface area contributed by atoms with Gasteiger partial charge in [0.25, 0.3) is 0 Å².